The van der Waals surface area contributed by atoms with Crippen LogP contribution in [0.25, 0.3) is 0 Å². The van der Waals surface area contributed by atoms with Crippen molar-refractivity contribution < 1.29 is 19.5 Å². The van der Waals surface area contributed by atoms with Gasteiger partial charge in [-0.1, -0.05) is 30.3 Å². The minimum atomic E-state index is -1.05. The molecule has 1 aliphatic heterocycles. The third-order valence-electron chi connectivity index (χ3n) is 7.29. The SMILES string of the molecule is NCC1CCC(C(=O)N(C(=O)C2NCCCC2c2ccccc2)c2ccc(C(=O)O)cc2)CC1. The van der Waals surface area contributed by atoms with Crippen molar-refractivity contribution in [3.8, 4) is 0 Å². The number of hydrogen-bond acceptors (Lipinski definition) is 5. The van der Waals surface area contributed by atoms with Crippen LogP contribution in [0, 0.1) is 11.8 Å². The molecule has 1 aliphatic carbocycles. The Morgan fingerprint density at radius 3 is 2.21 bits per heavy atom. The van der Waals surface area contributed by atoms with Crippen LogP contribution < -0.4 is 16.0 Å². The Morgan fingerprint density at radius 2 is 1.59 bits per heavy atom. The quantitative estimate of drug-likeness (QED) is 0.565. The van der Waals surface area contributed by atoms with E-state index in [9.17, 15) is 19.5 Å². The average Bonchev–Trinajstić information content (AvgIpc) is 2.89. The lowest BCUT2D eigenvalue weighted by Gasteiger charge is -2.37. The number of nitrogens with two attached hydrogens (primary N) is 1. The maximum absolute atomic E-state index is 14.0. The van der Waals surface area contributed by atoms with E-state index in [1.165, 1.54) is 17.0 Å². The predicted molar refractivity (Wildman–Crippen MR) is 131 cm³/mol. The lowest BCUT2D eigenvalue weighted by Crippen LogP contribution is -2.55. The average molecular weight is 464 g/mol. The summed E-state index contributed by atoms with van der Waals surface area (Å²) in [7, 11) is 0. The van der Waals surface area contributed by atoms with Gasteiger partial charge >= 0.3 is 5.97 Å². The highest BCUT2D eigenvalue weighted by Gasteiger charge is 2.40. The fourth-order valence-electron chi connectivity index (χ4n) is 5.29. The van der Waals surface area contributed by atoms with Crippen LogP contribution in [-0.4, -0.2) is 42.0 Å². The van der Waals surface area contributed by atoms with Gasteiger partial charge in [0, 0.05) is 11.8 Å². The van der Waals surface area contributed by atoms with Gasteiger partial charge < -0.3 is 16.2 Å². The molecule has 2 atom stereocenters. The molecule has 7 nitrogen and oxygen atoms in total. The second kappa shape index (κ2) is 10.9. The van der Waals surface area contributed by atoms with Crippen LogP contribution >= 0.6 is 0 Å². The highest BCUT2D eigenvalue weighted by molar-refractivity contribution is 6.17. The van der Waals surface area contributed by atoms with Crippen LogP contribution in [-0.2, 0) is 9.59 Å². The Balaban J connectivity index is 1.65. The highest BCUT2D eigenvalue weighted by atomic mass is 16.4. The fourth-order valence-corrected chi connectivity index (χ4v) is 5.29. The van der Waals surface area contributed by atoms with Crippen molar-refractivity contribution >= 4 is 23.5 Å². The topological polar surface area (TPSA) is 113 Å². The number of nitrogens with one attached hydrogen (secondary N) is 1. The van der Waals surface area contributed by atoms with Crippen molar-refractivity contribution in [2.75, 3.05) is 18.0 Å². The van der Waals surface area contributed by atoms with Gasteiger partial charge in [0.1, 0.15) is 0 Å². The Labute approximate surface area is 200 Å². The number of amides is 2. The number of piperidine rings is 1. The highest BCUT2D eigenvalue weighted by Crippen LogP contribution is 2.34. The van der Waals surface area contributed by atoms with Gasteiger partial charge in [-0.2, -0.15) is 0 Å². The summed E-state index contributed by atoms with van der Waals surface area (Å²) in [6.45, 7) is 1.33. The van der Waals surface area contributed by atoms with Crippen LogP contribution in [0.3, 0.4) is 0 Å². The molecule has 1 saturated carbocycles. The number of carbonyl (C=O) groups excluding carboxylic acids is 2. The molecular formula is C27H33N3O4. The van der Waals surface area contributed by atoms with Gasteiger partial charge in [-0.05, 0) is 87.4 Å². The van der Waals surface area contributed by atoms with Gasteiger partial charge in [-0.15, -0.1) is 0 Å². The molecule has 0 bridgehead atoms. The molecule has 0 aromatic heterocycles. The molecule has 2 aliphatic rings. The first-order valence-corrected chi connectivity index (χ1v) is 12.2. The molecular weight excluding hydrogens is 430 g/mol. The molecule has 1 saturated heterocycles. The van der Waals surface area contributed by atoms with Crippen molar-refractivity contribution in [2.24, 2.45) is 17.6 Å². The van der Waals surface area contributed by atoms with E-state index in [1.807, 2.05) is 30.3 Å². The minimum Gasteiger partial charge on any atom is -0.478 e. The van der Waals surface area contributed by atoms with Crippen LogP contribution in [0.1, 0.15) is 60.4 Å². The summed E-state index contributed by atoms with van der Waals surface area (Å²) in [5.41, 5.74) is 7.43. The largest absolute Gasteiger partial charge is 0.478 e. The van der Waals surface area contributed by atoms with Crippen molar-refractivity contribution in [3.05, 3.63) is 65.7 Å². The number of nitrogens with zero attached hydrogens (tertiary/aromatic N) is 1. The molecule has 2 fully saturated rings. The van der Waals surface area contributed by atoms with E-state index in [0.717, 1.165) is 31.2 Å². The molecule has 7 heteroatoms. The smallest absolute Gasteiger partial charge is 0.335 e. The minimum absolute atomic E-state index is 0.0379. The Bertz CT molecular complexity index is 1000. The maximum Gasteiger partial charge on any atom is 0.335 e. The molecule has 4 rings (SSSR count). The third kappa shape index (κ3) is 5.21. The zero-order valence-electron chi connectivity index (χ0n) is 19.4. The lowest BCUT2D eigenvalue weighted by atomic mass is 9.80. The van der Waals surface area contributed by atoms with Crippen molar-refractivity contribution in [3.63, 3.8) is 0 Å². The van der Waals surface area contributed by atoms with Crippen LogP contribution in [0.5, 0.6) is 0 Å². The van der Waals surface area contributed by atoms with Gasteiger partial charge in [0.15, 0.2) is 0 Å². The molecule has 0 spiro atoms. The normalized spacial score (nSPS) is 24.9. The summed E-state index contributed by atoms with van der Waals surface area (Å²) in [6.07, 6.45) is 4.97. The zero-order chi connectivity index (χ0) is 24.1. The van der Waals surface area contributed by atoms with E-state index < -0.39 is 12.0 Å². The van der Waals surface area contributed by atoms with Crippen molar-refractivity contribution in [2.45, 2.75) is 50.5 Å². The second-order valence-electron chi connectivity index (χ2n) is 9.41. The molecule has 34 heavy (non-hydrogen) atoms. The lowest BCUT2D eigenvalue weighted by molar-refractivity contribution is -0.131. The Morgan fingerprint density at radius 1 is 0.912 bits per heavy atom. The van der Waals surface area contributed by atoms with Crippen molar-refractivity contribution in [1.82, 2.24) is 5.32 Å². The molecule has 2 aromatic carbocycles. The molecule has 0 radical (unpaired) electrons. The molecule has 180 valence electrons. The van der Waals surface area contributed by atoms with Gasteiger partial charge in [0.2, 0.25) is 5.91 Å². The number of hydrogen-bond donors (Lipinski definition) is 3. The number of carboxylic acid groups (broad SMARTS) is 1. The van der Waals surface area contributed by atoms with E-state index in [2.05, 4.69) is 5.32 Å². The molecule has 2 aromatic rings. The first-order valence-electron chi connectivity index (χ1n) is 12.2. The number of carboxylic acids is 1. The summed E-state index contributed by atoms with van der Waals surface area (Å²) >= 11 is 0. The predicted octanol–water partition coefficient (Wildman–Crippen LogP) is 3.55. The zero-order valence-corrected chi connectivity index (χ0v) is 19.4. The Kier molecular flexibility index (Phi) is 7.75. The van der Waals surface area contributed by atoms with E-state index >= 15 is 0 Å². The molecule has 2 unspecified atom stereocenters. The third-order valence-corrected chi connectivity index (χ3v) is 7.29. The maximum atomic E-state index is 14.0. The van der Waals surface area contributed by atoms with Gasteiger partial charge in [-0.3, -0.25) is 9.59 Å². The van der Waals surface area contributed by atoms with Gasteiger partial charge in [0.05, 0.1) is 17.3 Å². The Hall–Kier alpha value is -3.03. The molecule has 4 N–H and O–H groups in total. The summed E-state index contributed by atoms with van der Waals surface area (Å²) in [4.78, 5) is 40.4. The monoisotopic (exact) mass is 463 g/mol. The van der Waals surface area contributed by atoms with Crippen LogP contribution in [0.15, 0.2) is 54.6 Å². The van der Waals surface area contributed by atoms with E-state index in [4.69, 9.17) is 5.73 Å². The summed E-state index contributed by atoms with van der Waals surface area (Å²) in [6, 6.07) is 15.4. The number of imide groups is 1. The first-order chi connectivity index (χ1) is 16.5. The standard InChI is InChI=1S/C27H33N3O4/c28-17-18-8-10-20(11-9-18)25(31)30(22-14-12-21(13-15-22)27(33)34)26(32)24-23(7-4-16-29-24)19-5-2-1-3-6-19/h1-3,5-6,12-15,18,20,23-24,29H,4,7-11,16-17,28H2,(H,33,34). The molecule has 1 heterocycles. The number of carbonyl (C=O) groups is 3. The summed E-state index contributed by atoms with van der Waals surface area (Å²) < 4.78 is 0. The number of benzene rings is 2. The first kappa shape index (κ1) is 24.1. The van der Waals surface area contributed by atoms with Gasteiger partial charge in [-0.25, -0.2) is 9.69 Å². The van der Waals surface area contributed by atoms with Gasteiger partial charge in [0.25, 0.3) is 5.91 Å². The second-order valence-corrected chi connectivity index (χ2v) is 9.41. The summed E-state index contributed by atoms with van der Waals surface area (Å²) in [5, 5.41) is 12.6. The fraction of sp³-hybridized carbons (Fsp3) is 0.444. The van der Waals surface area contributed by atoms with E-state index in [0.29, 0.717) is 37.5 Å². The summed E-state index contributed by atoms with van der Waals surface area (Å²) in [5.74, 6) is -1.39. The van der Waals surface area contributed by atoms with E-state index in [-0.39, 0.29) is 29.2 Å². The number of aromatic carboxylic acids is 1. The number of rotatable bonds is 6. The number of anilines is 1. The van der Waals surface area contributed by atoms with Crippen molar-refractivity contribution in [1.29, 1.82) is 0 Å². The molecule has 2 amide bonds. The van der Waals surface area contributed by atoms with Crippen LogP contribution in [0.4, 0.5) is 5.69 Å². The van der Waals surface area contributed by atoms with E-state index in [1.54, 1.807) is 12.1 Å². The van der Waals surface area contributed by atoms with Crippen LogP contribution in [0.2, 0.25) is 0 Å².